The van der Waals surface area contributed by atoms with Gasteiger partial charge >= 0.3 is 5.97 Å². The third-order valence-corrected chi connectivity index (χ3v) is 4.17. The molecule has 0 radical (unpaired) electrons. The number of Topliss-reactive ketones (excluding diaryl/α,β-unsaturated/α-hetero) is 1. The fourth-order valence-corrected chi connectivity index (χ4v) is 2.98. The third kappa shape index (κ3) is 4.07. The van der Waals surface area contributed by atoms with Gasteiger partial charge < -0.3 is 9.84 Å². The van der Waals surface area contributed by atoms with Crippen LogP contribution in [0.2, 0.25) is 0 Å². The van der Waals surface area contributed by atoms with Crippen molar-refractivity contribution >= 4 is 11.8 Å². The summed E-state index contributed by atoms with van der Waals surface area (Å²) in [6, 6.07) is 5.43. The molecule has 1 aromatic heterocycles. The van der Waals surface area contributed by atoms with E-state index < -0.39 is 5.97 Å². The van der Waals surface area contributed by atoms with Crippen LogP contribution >= 0.6 is 0 Å². The molecule has 1 N–H and O–H groups in total. The molecule has 0 spiro atoms. The van der Waals surface area contributed by atoms with E-state index in [9.17, 15) is 9.59 Å². The molecular formula is C19H24N2O4. The number of hydrogen-bond acceptors (Lipinski definition) is 4. The lowest BCUT2D eigenvalue weighted by Gasteiger charge is -2.11. The van der Waals surface area contributed by atoms with Gasteiger partial charge in [-0.2, -0.15) is 5.10 Å². The Hall–Kier alpha value is -2.63. The average Bonchev–Trinajstić information content (AvgIpc) is 2.86. The summed E-state index contributed by atoms with van der Waals surface area (Å²) in [5.74, 6) is -0.774. The van der Waals surface area contributed by atoms with Gasteiger partial charge in [-0.15, -0.1) is 0 Å². The van der Waals surface area contributed by atoms with Crippen LogP contribution in [0.25, 0.3) is 11.1 Å². The minimum atomic E-state index is -0.990. The highest BCUT2D eigenvalue weighted by molar-refractivity contribution is 6.01. The number of carbonyl (C=O) groups is 2. The highest BCUT2D eigenvalue weighted by Crippen LogP contribution is 2.32. The van der Waals surface area contributed by atoms with Gasteiger partial charge in [-0.3, -0.25) is 14.3 Å². The molecule has 0 unspecified atom stereocenters. The van der Waals surface area contributed by atoms with Crippen LogP contribution in [-0.2, 0) is 11.3 Å². The molecule has 0 aliphatic rings. The van der Waals surface area contributed by atoms with Crippen LogP contribution in [-0.4, -0.2) is 33.7 Å². The van der Waals surface area contributed by atoms with Crippen molar-refractivity contribution in [1.29, 1.82) is 0 Å². The van der Waals surface area contributed by atoms with Gasteiger partial charge in [0.05, 0.1) is 24.8 Å². The molecular weight excluding hydrogens is 320 g/mol. The first kappa shape index (κ1) is 18.7. The number of benzene rings is 1. The smallest absolute Gasteiger partial charge is 0.303 e. The fraction of sp³-hybridized carbons (Fsp3) is 0.421. The van der Waals surface area contributed by atoms with Crippen molar-refractivity contribution in [3.63, 3.8) is 0 Å². The SMILES string of the molecule is CCCn1nc(C)c(-c2ccc(OC)c(C(=O)CCC(=O)O)c2)c1C. The van der Waals surface area contributed by atoms with Crippen LogP contribution in [0.5, 0.6) is 5.75 Å². The monoisotopic (exact) mass is 344 g/mol. The summed E-state index contributed by atoms with van der Waals surface area (Å²) < 4.78 is 7.25. The Labute approximate surface area is 147 Å². The number of hydrogen-bond donors (Lipinski definition) is 1. The van der Waals surface area contributed by atoms with E-state index in [-0.39, 0.29) is 18.6 Å². The summed E-state index contributed by atoms with van der Waals surface area (Å²) in [5, 5.41) is 13.4. The normalized spacial score (nSPS) is 10.7. The zero-order valence-corrected chi connectivity index (χ0v) is 15.1. The Kier molecular flexibility index (Phi) is 5.96. The van der Waals surface area contributed by atoms with Gasteiger partial charge in [0.2, 0.25) is 0 Å². The Morgan fingerprint density at radius 2 is 1.96 bits per heavy atom. The average molecular weight is 344 g/mol. The van der Waals surface area contributed by atoms with Crippen LogP contribution in [0.3, 0.4) is 0 Å². The van der Waals surface area contributed by atoms with Crippen LogP contribution in [0, 0.1) is 13.8 Å². The molecule has 1 heterocycles. The van der Waals surface area contributed by atoms with Crippen LogP contribution in [0.15, 0.2) is 18.2 Å². The molecule has 0 amide bonds. The fourth-order valence-electron chi connectivity index (χ4n) is 2.98. The van der Waals surface area contributed by atoms with Crippen molar-refractivity contribution in [1.82, 2.24) is 9.78 Å². The van der Waals surface area contributed by atoms with Gasteiger partial charge in [0.25, 0.3) is 0 Å². The topological polar surface area (TPSA) is 81.4 Å². The maximum Gasteiger partial charge on any atom is 0.303 e. The van der Waals surface area contributed by atoms with Gasteiger partial charge in [0.15, 0.2) is 5.78 Å². The maximum absolute atomic E-state index is 12.4. The highest BCUT2D eigenvalue weighted by atomic mass is 16.5. The molecule has 25 heavy (non-hydrogen) atoms. The number of aryl methyl sites for hydroxylation is 2. The molecule has 0 atom stereocenters. The maximum atomic E-state index is 12.4. The largest absolute Gasteiger partial charge is 0.496 e. The number of methoxy groups -OCH3 is 1. The molecule has 0 aliphatic heterocycles. The Balaban J connectivity index is 2.46. The van der Waals surface area contributed by atoms with Crippen LogP contribution < -0.4 is 4.74 Å². The number of rotatable bonds is 8. The van der Waals surface area contributed by atoms with E-state index in [1.165, 1.54) is 7.11 Å². The minimum absolute atomic E-state index is 0.0534. The second-order valence-corrected chi connectivity index (χ2v) is 6.00. The number of ether oxygens (including phenoxy) is 1. The first-order valence-corrected chi connectivity index (χ1v) is 8.36. The molecule has 2 aromatic rings. The van der Waals surface area contributed by atoms with Gasteiger partial charge in [-0.1, -0.05) is 13.0 Å². The molecule has 0 saturated carbocycles. The molecule has 6 heteroatoms. The van der Waals surface area contributed by atoms with E-state index in [1.807, 2.05) is 24.6 Å². The zero-order chi connectivity index (χ0) is 18.6. The zero-order valence-electron chi connectivity index (χ0n) is 15.1. The second kappa shape index (κ2) is 7.96. The van der Waals surface area contributed by atoms with Crippen LogP contribution in [0.1, 0.15) is 47.9 Å². The van der Waals surface area contributed by atoms with Crippen molar-refractivity contribution in [3.05, 3.63) is 35.2 Å². The van der Waals surface area contributed by atoms with Crippen LogP contribution in [0.4, 0.5) is 0 Å². The van der Waals surface area contributed by atoms with Crippen molar-refractivity contribution in [3.8, 4) is 16.9 Å². The summed E-state index contributed by atoms with van der Waals surface area (Å²) in [7, 11) is 1.50. The number of carbonyl (C=O) groups excluding carboxylic acids is 1. The van der Waals surface area contributed by atoms with E-state index in [0.717, 1.165) is 35.5 Å². The predicted octanol–water partition coefficient (Wildman–Crippen LogP) is 3.63. The van der Waals surface area contributed by atoms with E-state index in [0.29, 0.717) is 11.3 Å². The molecule has 0 fully saturated rings. The van der Waals surface area contributed by atoms with Crippen molar-refractivity contribution < 1.29 is 19.4 Å². The lowest BCUT2D eigenvalue weighted by Crippen LogP contribution is -2.06. The van der Waals surface area contributed by atoms with Gasteiger partial charge in [0, 0.05) is 24.2 Å². The quantitative estimate of drug-likeness (QED) is 0.740. The lowest BCUT2D eigenvalue weighted by molar-refractivity contribution is -0.136. The Bertz CT molecular complexity index is 793. The summed E-state index contributed by atoms with van der Waals surface area (Å²) in [5.41, 5.74) is 4.25. The molecule has 0 aliphatic carbocycles. The molecule has 0 bridgehead atoms. The molecule has 134 valence electrons. The molecule has 6 nitrogen and oxygen atoms in total. The molecule has 0 saturated heterocycles. The van der Waals surface area contributed by atoms with Crippen molar-refractivity contribution in [2.45, 2.75) is 46.6 Å². The Morgan fingerprint density at radius 3 is 2.56 bits per heavy atom. The van der Waals surface area contributed by atoms with E-state index >= 15 is 0 Å². The number of carboxylic acids is 1. The predicted molar refractivity (Wildman–Crippen MR) is 95.2 cm³/mol. The van der Waals surface area contributed by atoms with E-state index in [1.54, 1.807) is 12.1 Å². The number of ketones is 1. The van der Waals surface area contributed by atoms with Gasteiger partial charge in [0.1, 0.15) is 5.75 Å². The van der Waals surface area contributed by atoms with Gasteiger partial charge in [-0.25, -0.2) is 0 Å². The van der Waals surface area contributed by atoms with Crippen molar-refractivity contribution in [2.75, 3.05) is 7.11 Å². The highest BCUT2D eigenvalue weighted by Gasteiger charge is 2.18. The first-order chi connectivity index (χ1) is 11.9. The summed E-state index contributed by atoms with van der Waals surface area (Å²) in [6.45, 7) is 6.90. The summed E-state index contributed by atoms with van der Waals surface area (Å²) in [4.78, 5) is 23.2. The Morgan fingerprint density at radius 1 is 1.24 bits per heavy atom. The minimum Gasteiger partial charge on any atom is -0.496 e. The summed E-state index contributed by atoms with van der Waals surface area (Å²) >= 11 is 0. The molecule has 1 aromatic carbocycles. The third-order valence-electron chi connectivity index (χ3n) is 4.17. The number of carboxylic acid groups (broad SMARTS) is 1. The lowest BCUT2D eigenvalue weighted by atomic mass is 9.97. The molecule has 2 rings (SSSR count). The number of aromatic nitrogens is 2. The van der Waals surface area contributed by atoms with E-state index in [4.69, 9.17) is 9.84 Å². The van der Waals surface area contributed by atoms with Gasteiger partial charge in [-0.05, 0) is 38.0 Å². The van der Waals surface area contributed by atoms with E-state index in [2.05, 4.69) is 12.0 Å². The number of nitrogens with zero attached hydrogens (tertiary/aromatic N) is 2. The number of aliphatic carboxylic acids is 1. The second-order valence-electron chi connectivity index (χ2n) is 6.00. The standard InChI is InChI=1S/C19H24N2O4/c1-5-10-21-13(3)19(12(2)20-21)14-6-8-17(25-4)15(11-14)16(22)7-9-18(23)24/h6,8,11H,5,7,9-10H2,1-4H3,(H,23,24). The summed E-state index contributed by atoms with van der Waals surface area (Å²) in [6.07, 6.45) is 0.740. The first-order valence-electron chi connectivity index (χ1n) is 8.36. The van der Waals surface area contributed by atoms with Crippen molar-refractivity contribution in [2.24, 2.45) is 0 Å².